The first-order valence-corrected chi connectivity index (χ1v) is 10.5. The maximum Gasteiger partial charge on any atom is 0.255 e. The topological polar surface area (TPSA) is 66.6 Å². The van der Waals surface area contributed by atoms with Crippen LogP contribution in [0, 0.1) is 6.92 Å². The number of hydrogen-bond acceptors (Lipinski definition) is 4. The SMILES string of the molecule is Cc1oc(CC2CCCCN2C(=O)c2ccccc2C2CC2(F)F)nc1C(C)(C)O. The monoisotopic (exact) mass is 418 g/mol. The van der Waals surface area contributed by atoms with Crippen LogP contribution in [0.1, 0.15) is 78.7 Å². The molecule has 2 fully saturated rings. The minimum atomic E-state index is -2.72. The van der Waals surface area contributed by atoms with Crippen LogP contribution in [0.2, 0.25) is 0 Å². The molecule has 1 aromatic carbocycles. The Labute approximate surface area is 175 Å². The average Bonchev–Trinajstić information content (AvgIpc) is 3.15. The summed E-state index contributed by atoms with van der Waals surface area (Å²) in [6.45, 7) is 5.65. The fraction of sp³-hybridized carbons (Fsp3) is 0.565. The van der Waals surface area contributed by atoms with E-state index in [2.05, 4.69) is 4.98 Å². The molecular formula is C23H28F2N2O3. The molecule has 0 radical (unpaired) electrons. The van der Waals surface area contributed by atoms with Gasteiger partial charge in [0.2, 0.25) is 0 Å². The van der Waals surface area contributed by atoms with Crippen LogP contribution < -0.4 is 0 Å². The summed E-state index contributed by atoms with van der Waals surface area (Å²) in [4.78, 5) is 19.6. The van der Waals surface area contributed by atoms with Crippen molar-refractivity contribution in [1.29, 1.82) is 0 Å². The maximum atomic E-state index is 13.7. The normalized spacial score (nSPS) is 23.5. The molecule has 5 nitrogen and oxygen atoms in total. The van der Waals surface area contributed by atoms with Crippen molar-refractivity contribution < 1.29 is 23.1 Å². The zero-order chi connectivity index (χ0) is 21.7. The van der Waals surface area contributed by atoms with Crippen LogP contribution in [0.5, 0.6) is 0 Å². The first-order chi connectivity index (χ1) is 14.1. The number of carbonyl (C=O) groups excluding carboxylic acids is 1. The van der Waals surface area contributed by atoms with Gasteiger partial charge in [0, 0.05) is 31.0 Å². The summed E-state index contributed by atoms with van der Waals surface area (Å²) in [5.74, 6) is -2.75. The molecule has 4 rings (SSSR count). The summed E-state index contributed by atoms with van der Waals surface area (Å²) in [6.07, 6.45) is 2.89. The highest BCUT2D eigenvalue weighted by Gasteiger charge is 2.58. The maximum absolute atomic E-state index is 13.7. The van der Waals surface area contributed by atoms with Crippen LogP contribution in [-0.2, 0) is 12.0 Å². The van der Waals surface area contributed by atoms with Gasteiger partial charge in [-0.2, -0.15) is 0 Å². The van der Waals surface area contributed by atoms with Crippen molar-refractivity contribution in [3.8, 4) is 0 Å². The fourth-order valence-corrected chi connectivity index (χ4v) is 4.49. The van der Waals surface area contributed by atoms with E-state index in [0.717, 1.165) is 19.3 Å². The number of rotatable bonds is 5. The summed E-state index contributed by atoms with van der Waals surface area (Å²) in [7, 11) is 0. The third-order valence-corrected chi connectivity index (χ3v) is 6.11. The number of hydrogen-bond donors (Lipinski definition) is 1. The van der Waals surface area contributed by atoms with Gasteiger partial charge >= 0.3 is 0 Å². The van der Waals surface area contributed by atoms with Gasteiger partial charge in [-0.3, -0.25) is 4.79 Å². The number of alkyl halides is 2. The lowest BCUT2D eigenvalue weighted by molar-refractivity contribution is 0.0601. The molecule has 2 heterocycles. The van der Waals surface area contributed by atoms with E-state index < -0.39 is 17.4 Å². The molecule has 1 aromatic heterocycles. The quantitative estimate of drug-likeness (QED) is 0.772. The number of aromatic nitrogens is 1. The third-order valence-electron chi connectivity index (χ3n) is 6.11. The number of amides is 1. The fourth-order valence-electron chi connectivity index (χ4n) is 4.49. The minimum absolute atomic E-state index is 0.119. The van der Waals surface area contributed by atoms with E-state index in [0.29, 0.717) is 41.4 Å². The second-order valence-corrected chi connectivity index (χ2v) is 9.03. The lowest BCUT2D eigenvalue weighted by Crippen LogP contribution is -2.45. The van der Waals surface area contributed by atoms with Crippen molar-refractivity contribution in [2.24, 2.45) is 0 Å². The van der Waals surface area contributed by atoms with Crippen molar-refractivity contribution in [3.63, 3.8) is 0 Å². The van der Waals surface area contributed by atoms with Gasteiger partial charge in [0.15, 0.2) is 5.89 Å². The van der Waals surface area contributed by atoms with E-state index in [9.17, 15) is 18.7 Å². The van der Waals surface area contributed by atoms with Gasteiger partial charge in [-0.05, 0) is 51.7 Å². The molecule has 1 saturated carbocycles. The zero-order valence-electron chi connectivity index (χ0n) is 17.6. The number of oxazole rings is 1. The van der Waals surface area contributed by atoms with E-state index in [1.807, 2.05) is 0 Å². The lowest BCUT2D eigenvalue weighted by atomic mass is 9.96. The van der Waals surface area contributed by atoms with Crippen molar-refractivity contribution >= 4 is 5.91 Å². The number of aryl methyl sites for hydroxylation is 1. The van der Waals surface area contributed by atoms with Gasteiger partial charge in [-0.15, -0.1) is 0 Å². The summed E-state index contributed by atoms with van der Waals surface area (Å²) in [6, 6.07) is 6.61. The third kappa shape index (κ3) is 4.00. The second kappa shape index (κ2) is 7.45. The Bertz CT molecular complexity index is 948. The highest BCUT2D eigenvalue weighted by atomic mass is 19.3. The van der Waals surface area contributed by atoms with Crippen LogP contribution in [0.4, 0.5) is 8.78 Å². The van der Waals surface area contributed by atoms with Crippen LogP contribution in [0.3, 0.4) is 0 Å². The lowest BCUT2D eigenvalue weighted by Gasteiger charge is -2.35. The standard InChI is InChI=1S/C23H28F2N2O3/c1-14-20(22(2,3)29)26-19(30-14)12-15-8-6-7-11-27(15)21(28)17-10-5-4-9-16(17)18-13-23(18,24)25/h4-5,9-10,15,18,29H,6-8,11-13H2,1-3H3. The highest BCUT2D eigenvalue weighted by molar-refractivity contribution is 5.96. The van der Waals surface area contributed by atoms with Gasteiger partial charge in [0.05, 0.1) is 5.92 Å². The minimum Gasteiger partial charge on any atom is -0.446 e. The summed E-state index contributed by atoms with van der Waals surface area (Å²) < 4.78 is 33.2. The largest absolute Gasteiger partial charge is 0.446 e. The molecule has 30 heavy (non-hydrogen) atoms. The number of nitrogens with zero attached hydrogens (tertiary/aromatic N) is 2. The van der Waals surface area contributed by atoms with E-state index >= 15 is 0 Å². The molecule has 162 valence electrons. The molecule has 1 aliphatic carbocycles. The predicted molar refractivity (Wildman–Crippen MR) is 108 cm³/mol. The number of halogens is 2. The molecule has 2 aliphatic rings. The Morgan fingerprint density at radius 2 is 2.03 bits per heavy atom. The van der Waals surface area contributed by atoms with Gasteiger partial charge in [0.25, 0.3) is 11.8 Å². The summed E-state index contributed by atoms with van der Waals surface area (Å²) >= 11 is 0. The Hall–Kier alpha value is -2.28. The van der Waals surface area contributed by atoms with Crippen molar-refractivity contribution in [2.45, 2.75) is 76.4 Å². The molecule has 1 aliphatic heterocycles. The van der Waals surface area contributed by atoms with Crippen LogP contribution in [0.15, 0.2) is 28.7 Å². The number of benzene rings is 1. The van der Waals surface area contributed by atoms with Crippen LogP contribution >= 0.6 is 0 Å². The van der Waals surface area contributed by atoms with Crippen molar-refractivity contribution in [1.82, 2.24) is 9.88 Å². The van der Waals surface area contributed by atoms with Crippen LogP contribution in [0.25, 0.3) is 0 Å². The smallest absolute Gasteiger partial charge is 0.255 e. The molecule has 1 saturated heterocycles. The number of piperidine rings is 1. The summed E-state index contributed by atoms with van der Waals surface area (Å²) in [5, 5.41) is 10.3. The average molecular weight is 418 g/mol. The molecular weight excluding hydrogens is 390 g/mol. The molecule has 1 amide bonds. The van der Waals surface area contributed by atoms with E-state index in [4.69, 9.17) is 4.42 Å². The molecule has 7 heteroatoms. The molecule has 2 aromatic rings. The second-order valence-electron chi connectivity index (χ2n) is 9.03. The highest BCUT2D eigenvalue weighted by Crippen LogP contribution is 2.56. The molecule has 2 unspecified atom stereocenters. The molecule has 1 N–H and O–H groups in total. The predicted octanol–water partition coefficient (Wildman–Crippen LogP) is 4.57. The molecule has 0 bridgehead atoms. The first-order valence-electron chi connectivity index (χ1n) is 10.5. The number of likely N-dealkylation sites (tertiary alicyclic amines) is 1. The summed E-state index contributed by atoms with van der Waals surface area (Å²) in [5.41, 5.74) is 0.190. The Balaban J connectivity index is 1.57. The van der Waals surface area contributed by atoms with Crippen molar-refractivity contribution in [2.75, 3.05) is 6.54 Å². The van der Waals surface area contributed by atoms with E-state index in [1.165, 1.54) is 0 Å². The Kier molecular flexibility index (Phi) is 5.21. The Morgan fingerprint density at radius 1 is 1.33 bits per heavy atom. The zero-order valence-corrected chi connectivity index (χ0v) is 17.6. The van der Waals surface area contributed by atoms with Crippen molar-refractivity contribution in [3.05, 3.63) is 52.7 Å². The Morgan fingerprint density at radius 3 is 2.67 bits per heavy atom. The molecule has 0 spiro atoms. The first kappa shape index (κ1) is 21.0. The van der Waals surface area contributed by atoms with Gasteiger partial charge in [0.1, 0.15) is 17.1 Å². The van der Waals surface area contributed by atoms with Crippen LogP contribution in [-0.4, -0.2) is 39.4 Å². The van der Waals surface area contributed by atoms with E-state index in [1.54, 1.807) is 49.9 Å². The number of aliphatic hydroxyl groups is 1. The van der Waals surface area contributed by atoms with Gasteiger partial charge < -0.3 is 14.4 Å². The van der Waals surface area contributed by atoms with Gasteiger partial charge in [-0.1, -0.05) is 18.2 Å². The molecule has 2 atom stereocenters. The van der Waals surface area contributed by atoms with Gasteiger partial charge in [-0.25, -0.2) is 13.8 Å². The number of carbonyl (C=O) groups is 1. The van der Waals surface area contributed by atoms with E-state index in [-0.39, 0.29) is 18.4 Å².